The Morgan fingerprint density at radius 1 is 0.957 bits per heavy atom. The number of nitrogens with one attached hydrogen (secondary N) is 2. The standard InChI is InChI=1S/C17H16N2O3S/c1-11-3-6-14(7-4-11)23(21,22)19-13-5-8-16-15(10-13)12(2)9-17(20)18-16/h3-10,19H,1-2H3,(H,18,20). The van der Waals surface area contributed by atoms with Crippen LogP contribution in [0.4, 0.5) is 5.69 Å². The fourth-order valence-corrected chi connectivity index (χ4v) is 3.47. The number of hydrogen-bond donors (Lipinski definition) is 2. The van der Waals surface area contributed by atoms with E-state index >= 15 is 0 Å². The van der Waals surface area contributed by atoms with Crippen LogP contribution in [-0.2, 0) is 10.0 Å². The molecule has 2 N–H and O–H groups in total. The van der Waals surface area contributed by atoms with E-state index in [4.69, 9.17) is 0 Å². The average molecular weight is 328 g/mol. The summed E-state index contributed by atoms with van der Waals surface area (Å²) in [6, 6.07) is 13.2. The lowest BCUT2D eigenvalue weighted by atomic mass is 10.1. The summed E-state index contributed by atoms with van der Waals surface area (Å²) in [4.78, 5) is 14.4. The number of anilines is 1. The van der Waals surface area contributed by atoms with Gasteiger partial charge in [0.15, 0.2) is 0 Å². The van der Waals surface area contributed by atoms with E-state index < -0.39 is 10.0 Å². The molecule has 0 aliphatic rings. The lowest BCUT2D eigenvalue weighted by Gasteiger charge is -2.10. The van der Waals surface area contributed by atoms with Crippen molar-refractivity contribution in [3.05, 3.63) is 70.0 Å². The fourth-order valence-electron chi connectivity index (χ4n) is 2.42. The summed E-state index contributed by atoms with van der Waals surface area (Å²) in [5, 5.41) is 0.800. The number of aryl methyl sites for hydroxylation is 2. The van der Waals surface area contributed by atoms with Gasteiger partial charge in [0.1, 0.15) is 0 Å². The van der Waals surface area contributed by atoms with Crippen molar-refractivity contribution >= 4 is 26.6 Å². The van der Waals surface area contributed by atoms with Crippen molar-refractivity contribution in [2.75, 3.05) is 4.72 Å². The molecule has 5 nitrogen and oxygen atoms in total. The number of H-pyrrole nitrogens is 1. The third-order valence-electron chi connectivity index (χ3n) is 3.63. The van der Waals surface area contributed by atoms with Gasteiger partial charge in [-0.05, 0) is 49.7 Å². The molecule has 3 rings (SSSR count). The lowest BCUT2D eigenvalue weighted by molar-refractivity contribution is 0.601. The number of aromatic nitrogens is 1. The van der Waals surface area contributed by atoms with Crippen molar-refractivity contribution < 1.29 is 8.42 Å². The van der Waals surface area contributed by atoms with Crippen molar-refractivity contribution in [1.82, 2.24) is 4.98 Å². The number of pyridine rings is 1. The van der Waals surface area contributed by atoms with Gasteiger partial charge in [-0.25, -0.2) is 8.42 Å². The molecule has 6 heteroatoms. The van der Waals surface area contributed by atoms with Crippen LogP contribution in [-0.4, -0.2) is 13.4 Å². The van der Waals surface area contributed by atoms with Crippen LogP contribution >= 0.6 is 0 Å². The Morgan fingerprint density at radius 2 is 1.65 bits per heavy atom. The van der Waals surface area contributed by atoms with Crippen LogP contribution < -0.4 is 10.3 Å². The van der Waals surface area contributed by atoms with Gasteiger partial charge < -0.3 is 4.98 Å². The summed E-state index contributed by atoms with van der Waals surface area (Å²) in [5.74, 6) is 0. The minimum absolute atomic E-state index is 0.178. The van der Waals surface area contributed by atoms with Crippen LogP contribution in [0.25, 0.3) is 10.9 Å². The third kappa shape index (κ3) is 3.12. The van der Waals surface area contributed by atoms with Gasteiger partial charge in [-0.15, -0.1) is 0 Å². The molecule has 1 heterocycles. The number of hydrogen-bond acceptors (Lipinski definition) is 3. The van der Waals surface area contributed by atoms with Gasteiger partial charge in [-0.3, -0.25) is 9.52 Å². The molecule has 0 atom stereocenters. The summed E-state index contributed by atoms with van der Waals surface area (Å²) in [5.41, 5.74) is 2.74. The molecule has 0 unspecified atom stereocenters. The van der Waals surface area contributed by atoms with Gasteiger partial charge >= 0.3 is 0 Å². The third-order valence-corrected chi connectivity index (χ3v) is 5.03. The molecule has 0 saturated heterocycles. The van der Waals surface area contributed by atoms with E-state index in [0.29, 0.717) is 11.2 Å². The van der Waals surface area contributed by atoms with Gasteiger partial charge in [0.2, 0.25) is 5.56 Å². The highest BCUT2D eigenvalue weighted by Gasteiger charge is 2.14. The van der Waals surface area contributed by atoms with Crippen LogP contribution in [0.15, 0.2) is 58.2 Å². The molecule has 0 bridgehead atoms. The molecular weight excluding hydrogens is 312 g/mol. The van der Waals surface area contributed by atoms with Crippen molar-refractivity contribution in [2.24, 2.45) is 0 Å². The van der Waals surface area contributed by atoms with Gasteiger partial charge in [-0.1, -0.05) is 17.7 Å². The number of aromatic amines is 1. The molecule has 0 spiro atoms. The minimum atomic E-state index is -3.64. The van der Waals surface area contributed by atoms with E-state index in [-0.39, 0.29) is 10.5 Å². The van der Waals surface area contributed by atoms with E-state index in [1.165, 1.54) is 6.07 Å². The molecule has 118 valence electrons. The zero-order chi connectivity index (χ0) is 16.6. The highest BCUT2D eigenvalue weighted by molar-refractivity contribution is 7.92. The summed E-state index contributed by atoms with van der Waals surface area (Å²) in [6.45, 7) is 3.71. The Balaban J connectivity index is 2.01. The highest BCUT2D eigenvalue weighted by atomic mass is 32.2. The topological polar surface area (TPSA) is 79.0 Å². The lowest BCUT2D eigenvalue weighted by Crippen LogP contribution is -2.13. The molecular formula is C17H16N2O3S. The molecule has 0 radical (unpaired) electrons. The number of fused-ring (bicyclic) bond motifs is 1. The maximum atomic E-state index is 12.4. The SMILES string of the molecule is Cc1ccc(S(=O)(=O)Nc2ccc3[nH]c(=O)cc(C)c3c2)cc1. The van der Waals surface area contributed by atoms with Crippen LogP contribution in [0.2, 0.25) is 0 Å². The first-order valence-electron chi connectivity index (χ1n) is 7.08. The molecule has 2 aromatic carbocycles. The second-order valence-corrected chi connectivity index (χ2v) is 7.18. The second kappa shape index (κ2) is 5.55. The Kier molecular flexibility index (Phi) is 3.69. The van der Waals surface area contributed by atoms with E-state index in [0.717, 1.165) is 16.5 Å². The van der Waals surface area contributed by atoms with E-state index in [1.54, 1.807) is 42.5 Å². The molecule has 23 heavy (non-hydrogen) atoms. The number of benzene rings is 2. The molecule has 3 aromatic rings. The molecule has 0 aliphatic carbocycles. The molecule has 0 saturated carbocycles. The molecule has 1 aromatic heterocycles. The first-order chi connectivity index (χ1) is 10.8. The Bertz CT molecular complexity index is 1040. The average Bonchev–Trinajstić information content (AvgIpc) is 2.48. The van der Waals surface area contributed by atoms with Crippen molar-refractivity contribution in [1.29, 1.82) is 0 Å². The van der Waals surface area contributed by atoms with Gasteiger partial charge in [0, 0.05) is 22.7 Å². The Labute approximate surface area is 134 Å². The van der Waals surface area contributed by atoms with Crippen molar-refractivity contribution in [3.63, 3.8) is 0 Å². The minimum Gasteiger partial charge on any atom is -0.322 e. The molecule has 0 aliphatic heterocycles. The quantitative estimate of drug-likeness (QED) is 0.776. The highest BCUT2D eigenvalue weighted by Crippen LogP contribution is 2.22. The van der Waals surface area contributed by atoms with Crippen LogP contribution in [0.3, 0.4) is 0 Å². The second-order valence-electron chi connectivity index (χ2n) is 5.50. The zero-order valence-corrected chi connectivity index (χ0v) is 13.6. The Morgan fingerprint density at radius 3 is 2.35 bits per heavy atom. The normalized spacial score (nSPS) is 11.6. The Hall–Kier alpha value is -2.60. The smallest absolute Gasteiger partial charge is 0.261 e. The maximum absolute atomic E-state index is 12.4. The van der Waals surface area contributed by atoms with Gasteiger partial charge in [-0.2, -0.15) is 0 Å². The van der Waals surface area contributed by atoms with Crippen LogP contribution in [0, 0.1) is 13.8 Å². The van der Waals surface area contributed by atoms with Crippen LogP contribution in [0.5, 0.6) is 0 Å². The van der Waals surface area contributed by atoms with E-state index in [1.807, 2.05) is 13.8 Å². The maximum Gasteiger partial charge on any atom is 0.261 e. The van der Waals surface area contributed by atoms with E-state index in [9.17, 15) is 13.2 Å². The summed E-state index contributed by atoms with van der Waals surface area (Å²) >= 11 is 0. The van der Waals surface area contributed by atoms with E-state index in [2.05, 4.69) is 9.71 Å². The predicted octanol–water partition coefficient (Wildman–Crippen LogP) is 2.95. The predicted molar refractivity (Wildman–Crippen MR) is 91.3 cm³/mol. The fraction of sp³-hybridized carbons (Fsp3) is 0.118. The van der Waals surface area contributed by atoms with Gasteiger partial charge in [0.05, 0.1) is 4.90 Å². The van der Waals surface area contributed by atoms with Crippen molar-refractivity contribution in [3.8, 4) is 0 Å². The molecule has 0 amide bonds. The monoisotopic (exact) mass is 328 g/mol. The number of rotatable bonds is 3. The largest absolute Gasteiger partial charge is 0.322 e. The first kappa shape index (κ1) is 15.3. The summed E-state index contributed by atoms with van der Waals surface area (Å²) in [6.07, 6.45) is 0. The first-order valence-corrected chi connectivity index (χ1v) is 8.57. The van der Waals surface area contributed by atoms with Gasteiger partial charge in [0.25, 0.3) is 10.0 Å². The zero-order valence-electron chi connectivity index (χ0n) is 12.8. The van der Waals surface area contributed by atoms with Crippen LogP contribution in [0.1, 0.15) is 11.1 Å². The van der Waals surface area contributed by atoms with Crippen molar-refractivity contribution in [2.45, 2.75) is 18.7 Å². The summed E-state index contributed by atoms with van der Waals surface area (Å²) < 4.78 is 27.4. The molecule has 0 fully saturated rings. The summed E-state index contributed by atoms with van der Waals surface area (Å²) in [7, 11) is -3.64. The number of sulfonamides is 1.